The molecule has 262 valence electrons. The molecule has 3 heterocycles. The molecule has 1 amide bonds. The molecule has 0 radical (unpaired) electrons. The number of allylic oxidation sites excluding steroid dienone is 2. The van der Waals surface area contributed by atoms with E-state index in [0.717, 1.165) is 48.2 Å². The van der Waals surface area contributed by atoms with Crippen molar-refractivity contribution in [2.24, 2.45) is 11.3 Å². The van der Waals surface area contributed by atoms with E-state index in [1.54, 1.807) is 25.0 Å². The van der Waals surface area contributed by atoms with Crippen molar-refractivity contribution in [1.82, 2.24) is 14.9 Å². The van der Waals surface area contributed by atoms with E-state index in [-0.39, 0.29) is 49.1 Å². The molecule has 2 fully saturated rings. The molecule has 0 N–H and O–H groups in total. The van der Waals surface area contributed by atoms with Gasteiger partial charge in [0, 0.05) is 42.2 Å². The largest absolute Gasteiger partial charge is 0.497 e. The molecule has 0 spiro atoms. The summed E-state index contributed by atoms with van der Waals surface area (Å²) in [6.45, 7) is 14.1. The van der Waals surface area contributed by atoms with Crippen molar-refractivity contribution >= 4 is 39.9 Å². The van der Waals surface area contributed by atoms with Gasteiger partial charge in [-0.3, -0.25) is 14.4 Å². The first-order valence-corrected chi connectivity index (χ1v) is 18.4. The Balaban J connectivity index is 1.41. The van der Waals surface area contributed by atoms with Crippen LogP contribution in [0.2, 0.25) is 0 Å². The quantitative estimate of drug-likeness (QED) is 0.0751. The first-order valence-electron chi connectivity index (χ1n) is 17.5. The van der Waals surface area contributed by atoms with Gasteiger partial charge in [-0.1, -0.05) is 38.8 Å². The van der Waals surface area contributed by atoms with Crippen molar-refractivity contribution in [1.29, 1.82) is 0 Å². The summed E-state index contributed by atoms with van der Waals surface area (Å²) in [6.07, 6.45) is 9.13. The van der Waals surface area contributed by atoms with E-state index in [1.165, 1.54) is 11.3 Å². The lowest BCUT2D eigenvalue weighted by Gasteiger charge is -2.25. The molecule has 1 aliphatic heterocycles. The summed E-state index contributed by atoms with van der Waals surface area (Å²) in [6, 6.07) is 6.85. The highest BCUT2D eigenvalue weighted by Gasteiger charge is 2.61. The standard InChI is InChI=1S/C39H49N3O6S/c1-7-10-11-12-13-14-15-36(44)42-23-28(19-33(42)34(43)22-39(21-26(39)8-2)38(45)47-9-3)48-35-20-31(37-41-32(24-49-37)25(4)5)40-30-18-27(46-6)16-17-29(30)35/h7-8,16-18,20,24-26,28,33H,1-2,9-15,19,21-23H2,3-6H3/t26-,28-,33+,39-/m1/s1. The second-order valence-electron chi connectivity index (χ2n) is 13.5. The van der Waals surface area contributed by atoms with Gasteiger partial charge in [-0.05, 0) is 56.6 Å². The number of amides is 1. The second-order valence-corrected chi connectivity index (χ2v) is 14.3. The van der Waals surface area contributed by atoms with Crippen LogP contribution < -0.4 is 9.47 Å². The molecule has 1 saturated carbocycles. The molecule has 2 aromatic heterocycles. The highest BCUT2D eigenvalue weighted by Crippen LogP contribution is 2.57. The van der Waals surface area contributed by atoms with Crippen LogP contribution >= 0.6 is 11.3 Å². The number of likely N-dealkylation sites (tertiary alicyclic amines) is 1. The third-order valence-electron chi connectivity index (χ3n) is 9.70. The van der Waals surface area contributed by atoms with Gasteiger partial charge in [0.25, 0.3) is 0 Å². The topological polar surface area (TPSA) is 108 Å². The van der Waals surface area contributed by atoms with Crippen molar-refractivity contribution in [2.75, 3.05) is 20.3 Å². The molecule has 0 bridgehead atoms. The van der Waals surface area contributed by atoms with Gasteiger partial charge in [0.15, 0.2) is 5.78 Å². The summed E-state index contributed by atoms with van der Waals surface area (Å²) in [5.41, 5.74) is 1.47. The van der Waals surface area contributed by atoms with Crippen LogP contribution in [0.3, 0.4) is 0 Å². The first kappa shape index (κ1) is 36.2. The van der Waals surface area contributed by atoms with E-state index in [2.05, 4.69) is 27.0 Å². The predicted octanol–water partition coefficient (Wildman–Crippen LogP) is 8.08. The van der Waals surface area contributed by atoms with Crippen molar-refractivity contribution in [3.63, 3.8) is 0 Å². The van der Waals surface area contributed by atoms with Crippen LogP contribution in [0.25, 0.3) is 21.6 Å². The lowest BCUT2D eigenvalue weighted by molar-refractivity contribution is -0.152. The third kappa shape index (κ3) is 8.23. The van der Waals surface area contributed by atoms with Gasteiger partial charge in [-0.25, -0.2) is 9.97 Å². The number of ether oxygens (including phenoxy) is 3. The fraction of sp³-hybridized carbons (Fsp3) is 0.513. The zero-order valence-corrected chi connectivity index (χ0v) is 30.1. The molecule has 1 saturated heterocycles. The highest BCUT2D eigenvalue weighted by atomic mass is 32.1. The van der Waals surface area contributed by atoms with Crippen molar-refractivity contribution in [3.05, 3.63) is 60.6 Å². The number of pyridine rings is 1. The second kappa shape index (κ2) is 16.1. The van der Waals surface area contributed by atoms with Crippen molar-refractivity contribution in [3.8, 4) is 22.2 Å². The van der Waals surface area contributed by atoms with E-state index in [1.807, 2.05) is 35.7 Å². The number of rotatable bonds is 18. The Hall–Kier alpha value is -4.05. The SMILES string of the molecule is C=CCCCCCCC(=O)N1C[C@H](Oc2cc(-c3nc(C(C)C)cs3)nc3cc(OC)ccc23)C[C@H]1C(=O)C[C@]1(C(=O)OCC)C[C@H]1C=C. The molecule has 1 aliphatic carbocycles. The number of aromatic nitrogens is 2. The molecule has 3 aromatic rings. The summed E-state index contributed by atoms with van der Waals surface area (Å²) in [4.78, 5) is 52.3. The fourth-order valence-corrected chi connectivity index (χ4v) is 7.68. The van der Waals surface area contributed by atoms with E-state index in [4.69, 9.17) is 24.2 Å². The summed E-state index contributed by atoms with van der Waals surface area (Å²) >= 11 is 1.53. The van der Waals surface area contributed by atoms with Crippen LogP contribution in [-0.2, 0) is 19.1 Å². The average Bonchev–Trinajstić information content (AvgIpc) is 3.38. The van der Waals surface area contributed by atoms with Crippen LogP contribution in [-0.4, -0.2) is 64.9 Å². The molecule has 49 heavy (non-hydrogen) atoms. The third-order valence-corrected chi connectivity index (χ3v) is 10.6. The van der Waals surface area contributed by atoms with E-state index < -0.39 is 17.6 Å². The number of thiazole rings is 1. The van der Waals surface area contributed by atoms with Crippen molar-refractivity contribution in [2.45, 2.75) is 96.6 Å². The van der Waals surface area contributed by atoms with Crippen LogP contribution in [0.5, 0.6) is 11.5 Å². The Morgan fingerprint density at radius 1 is 1.12 bits per heavy atom. The van der Waals surface area contributed by atoms with E-state index >= 15 is 0 Å². The minimum atomic E-state index is -0.911. The number of methoxy groups -OCH3 is 1. The van der Waals surface area contributed by atoms with E-state index in [0.29, 0.717) is 42.0 Å². The maximum absolute atomic E-state index is 14.1. The number of Topliss-reactive ketones (excluding diaryl/α,β-unsaturated/α-hetero) is 1. The minimum Gasteiger partial charge on any atom is -0.497 e. The zero-order chi connectivity index (χ0) is 35.1. The van der Waals surface area contributed by atoms with Crippen LogP contribution in [0.15, 0.2) is 55.0 Å². The molecular weight excluding hydrogens is 639 g/mol. The molecular formula is C39H49N3O6S. The smallest absolute Gasteiger partial charge is 0.313 e. The van der Waals surface area contributed by atoms with Gasteiger partial charge in [0.05, 0.1) is 42.9 Å². The number of carbonyl (C=O) groups excluding carboxylic acids is 3. The Kier molecular flexibility index (Phi) is 11.9. The Labute approximate surface area is 293 Å². The fourth-order valence-electron chi connectivity index (χ4n) is 6.74. The van der Waals surface area contributed by atoms with Gasteiger partial charge in [0.1, 0.15) is 28.3 Å². The van der Waals surface area contributed by atoms with Gasteiger partial charge < -0.3 is 19.1 Å². The number of esters is 1. The van der Waals surface area contributed by atoms with Crippen LogP contribution in [0, 0.1) is 11.3 Å². The number of hydrogen-bond donors (Lipinski definition) is 0. The molecule has 9 nitrogen and oxygen atoms in total. The number of fused-ring (bicyclic) bond motifs is 1. The zero-order valence-electron chi connectivity index (χ0n) is 29.2. The maximum Gasteiger partial charge on any atom is 0.313 e. The number of ketones is 1. The Morgan fingerprint density at radius 2 is 1.92 bits per heavy atom. The lowest BCUT2D eigenvalue weighted by atomic mass is 9.92. The average molecular weight is 688 g/mol. The van der Waals surface area contributed by atoms with Crippen molar-refractivity contribution < 1.29 is 28.6 Å². The molecule has 1 aromatic carbocycles. The molecule has 0 unspecified atom stereocenters. The summed E-state index contributed by atoms with van der Waals surface area (Å²) in [7, 11) is 1.62. The predicted molar refractivity (Wildman–Crippen MR) is 193 cm³/mol. The Bertz CT molecular complexity index is 1680. The van der Waals surface area contributed by atoms with E-state index in [9.17, 15) is 14.4 Å². The minimum absolute atomic E-state index is 0.00953. The van der Waals surface area contributed by atoms with Crippen LogP contribution in [0.4, 0.5) is 0 Å². The summed E-state index contributed by atoms with van der Waals surface area (Å²) < 4.78 is 17.6. The molecule has 10 heteroatoms. The van der Waals surface area contributed by atoms with Gasteiger partial charge in [0.2, 0.25) is 5.91 Å². The number of benzene rings is 1. The Morgan fingerprint density at radius 3 is 2.59 bits per heavy atom. The monoisotopic (exact) mass is 687 g/mol. The first-order chi connectivity index (χ1) is 23.6. The van der Waals surface area contributed by atoms with Crippen LogP contribution in [0.1, 0.15) is 90.2 Å². The normalized spacial score (nSPS) is 21.5. The molecule has 5 rings (SSSR count). The maximum atomic E-state index is 14.1. The number of hydrogen-bond acceptors (Lipinski definition) is 9. The number of nitrogens with zero attached hydrogens (tertiary/aromatic N) is 3. The molecule has 4 atom stereocenters. The van der Waals surface area contributed by atoms with Gasteiger partial charge in [-0.15, -0.1) is 24.5 Å². The number of carbonyl (C=O) groups is 3. The summed E-state index contributed by atoms with van der Waals surface area (Å²) in [5.74, 6) is 0.861. The lowest BCUT2D eigenvalue weighted by Crippen LogP contribution is -2.42. The van der Waals surface area contributed by atoms with Gasteiger partial charge in [-0.2, -0.15) is 0 Å². The highest BCUT2D eigenvalue weighted by molar-refractivity contribution is 7.13. The number of unbranched alkanes of at least 4 members (excludes halogenated alkanes) is 4. The molecule has 2 aliphatic rings. The summed E-state index contributed by atoms with van der Waals surface area (Å²) in [5, 5.41) is 3.63. The van der Waals surface area contributed by atoms with Gasteiger partial charge >= 0.3 is 5.97 Å².